The maximum atomic E-state index is 6.01. The van der Waals surface area contributed by atoms with Crippen LogP contribution in [0.25, 0.3) is 0 Å². The highest BCUT2D eigenvalue weighted by molar-refractivity contribution is 5.29. The average molecular weight is 262 g/mol. The summed E-state index contributed by atoms with van der Waals surface area (Å²) in [7, 11) is 0. The van der Waals surface area contributed by atoms with Crippen LogP contribution in [-0.4, -0.2) is 31.1 Å². The quantitative estimate of drug-likeness (QED) is 0.886. The number of benzene rings is 1. The summed E-state index contributed by atoms with van der Waals surface area (Å²) in [6.07, 6.45) is 5.31. The molecule has 1 atom stereocenters. The molecule has 1 aromatic carbocycles. The first-order chi connectivity index (χ1) is 9.35. The van der Waals surface area contributed by atoms with Gasteiger partial charge in [0.25, 0.3) is 0 Å². The molecule has 0 aliphatic carbocycles. The molecule has 1 aliphatic heterocycles. The fraction of sp³-hybridized carbons (Fsp3) is 0.625. The number of rotatable bonds is 5. The van der Waals surface area contributed by atoms with Crippen molar-refractivity contribution in [3.05, 3.63) is 29.8 Å². The molecule has 106 valence electrons. The second-order valence-corrected chi connectivity index (χ2v) is 5.20. The summed E-state index contributed by atoms with van der Waals surface area (Å²) in [6, 6.07) is 8.79. The minimum absolute atomic E-state index is 0.355. The van der Waals surface area contributed by atoms with E-state index in [2.05, 4.69) is 29.2 Å². The maximum Gasteiger partial charge on any atom is 0.119 e. The van der Waals surface area contributed by atoms with E-state index in [9.17, 15) is 0 Å². The molecule has 0 spiro atoms. The van der Waals surface area contributed by atoms with Crippen molar-refractivity contribution in [3.63, 3.8) is 0 Å². The molecule has 1 aliphatic rings. The third kappa shape index (κ3) is 3.95. The molecule has 3 heteroatoms. The molecule has 0 aromatic heterocycles. The van der Waals surface area contributed by atoms with Crippen LogP contribution in [0.15, 0.2) is 24.3 Å². The molecule has 19 heavy (non-hydrogen) atoms. The highest BCUT2D eigenvalue weighted by atomic mass is 16.5. The van der Waals surface area contributed by atoms with Crippen LogP contribution in [0.5, 0.6) is 5.75 Å². The first-order valence-corrected chi connectivity index (χ1v) is 7.52. The SMILES string of the molecule is CCOc1ccc(C(CN)N2CCCCCC2)cc1. The van der Waals surface area contributed by atoms with Gasteiger partial charge in [-0.3, -0.25) is 4.90 Å². The van der Waals surface area contributed by atoms with Gasteiger partial charge in [0.15, 0.2) is 0 Å². The van der Waals surface area contributed by atoms with E-state index in [0.29, 0.717) is 19.2 Å². The van der Waals surface area contributed by atoms with Gasteiger partial charge in [-0.25, -0.2) is 0 Å². The van der Waals surface area contributed by atoms with Crippen LogP contribution in [0.3, 0.4) is 0 Å². The van der Waals surface area contributed by atoms with Crippen molar-refractivity contribution < 1.29 is 4.74 Å². The molecule has 1 fully saturated rings. The topological polar surface area (TPSA) is 38.5 Å². The Morgan fingerprint density at radius 3 is 2.26 bits per heavy atom. The van der Waals surface area contributed by atoms with E-state index in [1.54, 1.807) is 0 Å². The largest absolute Gasteiger partial charge is 0.494 e. The Kier molecular flexibility index (Phi) is 5.67. The molecule has 0 amide bonds. The van der Waals surface area contributed by atoms with Crippen LogP contribution in [0, 0.1) is 0 Å². The van der Waals surface area contributed by atoms with Gasteiger partial charge in [0.05, 0.1) is 6.61 Å². The molecule has 0 saturated carbocycles. The van der Waals surface area contributed by atoms with Crippen molar-refractivity contribution in [1.82, 2.24) is 4.90 Å². The zero-order chi connectivity index (χ0) is 13.5. The second kappa shape index (κ2) is 7.51. The van der Waals surface area contributed by atoms with Crippen LogP contribution in [0.2, 0.25) is 0 Å². The molecular formula is C16H26N2O. The monoisotopic (exact) mass is 262 g/mol. The van der Waals surface area contributed by atoms with Crippen LogP contribution in [0.4, 0.5) is 0 Å². The van der Waals surface area contributed by atoms with Gasteiger partial charge in [0.1, 0.15) is 5.75 Å². The summed E-state index contributed by atoms with van der Waals surface area (Å²) in [5, 5.41) is 0. The third-order valence-electron chi connectivity index (χ3n) is 3.88. The number of likely N-dealkylation sites (tertiary alicyclic amines) is 1. The lowest BCUT2D eigenvalue weighted by Crippen LogP contribution is -2.34. The summed E-state index contributed by atoms with van der Waals surface area (Å²) < 4.78 is 5.49. The van der Waals surface area contributed by atoms with E-state index in [0.717, 1.165) is 5.75 Å². The van der Waals surface area contributed by atoms with Gasteiger partial charge in [-0.1, -0.05) is 25.0 Å². The lowest BCUT2D eigenvalue weighted by molar-refractivity contribution is 0.209. The lowest BCUT2D eigenvalue weighted by Gasteiger charge is -2.30. The van der Waals surface area contributed by atoms with Gasteiger partial charge in [-0.15, -0.1) is 0 Å². The van der Waals surface area contributed by atoms with Crippen LogP contribution in [-0.2, 0) is 0 Å². The van der Waals surface area contributed by atoms with E-state index in [1.807, 2.05) is 6.92 Å². The minimum atomic E-state index is 0.355. The Bertz CT molecular complexity index is 356. The van der Waals surface area contributed by atoms with Crippen molar-refractivity contribution >= 4 is 0 Å². The Balaban J connectivity index is 2.06. The molecule has 1 saturated heterocycles. The fourth-order valence-electron chi connectivity index (χ4n) is 2.86. The third-order valence-corrected chi connectivity index (χ3v) is 3.88. The van der Waals surface area contributed by atoms with Crippen LogP contribution in [0.1, 0.15) is 44.2 Å². The van der Waals surface area contributed by atoms with Crippen molar-refractivity contribution in [3.8, 4) is 5.75 Å². The Labute approximate surface area is 116 Å². The van der Waals surface area contributed by atoms with Crippen molar-refractivity contribution in [1.29, 1.82) is 0 Å². The molecular weight excluding hydrogens is 236 g/mol. The molecule has 1 aromatic rings. The number of hydrogen-bond donors (Lipinski definition) is 1. The zero-order valence-corrected chi connectivity index (χ0v) is 12.0. The molecule has 1 unspecified atom stereocenters. The normalized spacial score (nSPS) is 18.8. The first-order valence-electron chi connectivity index (χ1n) is 7.52. The first kappa shape index (κ1) is 14.4. The Morgan fingerprint density at radius 1 is 1.11 bits per heavy atom. The summed E-state index contributed by atoms with van der Waals surface area (Å²) >= 11 is 0. The van der Waals surface area contributed by atoms with E-state index in [-0.39, 0.29) is 0 Å². The second-order valence-electron chi connectivity index (χ2n) is 5.20. The standard InChI is InChI=1S/C16H26N2O/c1-2-19-15-9-7-14(8-10-15)16(13-17)18-11-5-3-4-6-12-18/h7-10,16H,2-6,11-13,17H2,1H3. The van der Waals surface area contributed by atoms with Gasteiger partial charge in [0, 0.05) is 12.6 Å². The highest BCUT2D eigenvalue weighted by Crippen LogP contribution is 2.25. The number of nitrogens with zero attached hydrogens (tertiary/aromatic N) is 1. The van der Waals surface area contributed by atoms with Gasteiger partial charge in [0.2, 0.25) is 0 Å². The highest BCUT2D eigenvalue weighted by Gasteiger charge is 2.19. The Morgan fingerprint density at radius 2 is 1.74 bits per heavy atom. The van der Waals surface area contributed by atoms with Gasteiger partial charge < -0.3 is 10.5 Å². The summed E-state index contributed by atoms with van der Waals surface area (Å²) in [6.45, 7) is 5.76. The zero-order valence-electron chi connectivity index (χ0n) is 12.0. The summed E-state index contributed by atoms with van der Waals surface area (Å²) in [5.41, 5.74) is 7.32. The van der Waals surface area contributed by atoms with Gasteiger partial charge in [-0.05, 0) is 50.6 Å². The number of nitrogens with two attached hydrogens (primary N) is 1. The van der Waals surface area contributed by atoms with E-state index >= 15 is 0 Å². The van der Waals surface area contributed by atoms with Crippen molar-refractivity contribution in [2.45, 2.75) is 38.6 Å². The molecule has 3 nitrogen and oxygen atoms in total. The number of hydrogen-bond acceptors (Lipinski definition) is 3. The summed E-state index contributed by atoms with van der Waals surface area (Å²) in [4.78, 5) is 2.54. The van der Waals surface area contributed by atoms with E-state index in [4.69, 9.17) is 10.5 Å². The van der Waals surface area contributed by atoms with E-state index in [1.165, 1.54) is 44.3 Å². The molecule has 0 radical (unpaired) electrons. The van der Waals surface area contributed by atoms with Crippen LogP contribution < -0.4 is 10.5 Å². The molecule has 2 rings (SSSR count). The molecule has 2 N–H and O–H groups in total. The van der Waals surface area contributed by atoms with Crippen LogP contribution >= 0.6 is 0 Å². The van der Waals surface area contributed by atoms with Gasteiger partial charge in [-0.2, -0.15) is 0 Å². The Hall–Kier alpha value is -1.06. The maximum absolute atomic E-state index is 6.01. The molecule has 0 bridgehead atoms. The predicted molar refractivity (Wildman–Crippen MR) is 79.4 cm³/mol. The van der Waals surface area contributed by atoms with Crippen molar-refractivity contribution in [2.75, 3.05) is 26.2 Å². The van der Waals surface area contributed by atoms with Crippen molar-refractivity contribution in [2.24, 2.45) is 5.73 Å². The smallest absolute Gasteiger partial charge is 0.119 e. The lowest BCUT2D eigenvalue weighted by atomic mass is 10.0. The fourth-order valence-corrected chi connectivity index (χ4v) is 2.86. The average Bonchev–Trinajstić information content (AvgIpc) is 2.71. The minimum Gasteiger partial charge on any atom is -0.494 e. The molecule has 1 heterocycles. The van der Waals surface area contributed by atoms with Gasteiger partial charge >= 0.3 is 0 Å². The predicted octanol–water partition coefficient (Wildman–Crippen LogP) is 2.96. The summed E-state index contributed by atoms with van der Waals surface area (Å²) in [5.74, 6) is 0.942. The number of ether oxygens (including phenoxy) is 1. The van der Waals surface area contributed by atoms with E-state index < -0.39 is 0 Å².